The Morgan fingerprint density at radius 2 is 1.54 bits per heavy atom. The Kier molecular flexibility index (Phi) is 5.28. The van der Waals surface area contributed by atoms with Gasteiger partial charge in [0.15, 0.2) is 0 Å². The number of ether oxygens (including phenoxy) is 1. The second-order valence-electron chi connectivity index (χ2n) is 6.38. The van der Waals surface area contributed by atoms with Gasteiger partial charge >= 0.3 is 0 Å². The minimum atomic E-state index is -0.319. The zero-order chi connectivity index (χ0) is 16.9. The average molecular weight is 324 g/mol. The number of carbonyl (C=O) groups excluding carboxylic acids is 1. The summed E-state index contributed by atoms with van der Waals surface area (Å²) in [6, 6.07) is 19.2. The third kappa shape index (κ3) is 4.02. The van der Waals surface area contributed by atoms with Crippen molar-refractivity contribution >= 4 is 11.6 Å². The molecule has 0 unspecified atom stereocenters. The Morgan fingerprint density at radius 3 is 2.12 bits per heavy atom. The molecule has 24 heavy (non-hydrogen) atoms. The van der Waals surface area contributed by atoms with E-state index in [1.807, 2.05) is 60.7 Å². The van der Waals surface area contributed by atoms with Crippen LogP contribution >= 0.6 is 0 Å². The normalized spacial score (nSPS) is 22.8. The van der Waals surface area contributed by atoms with Crippen LogP contribution in [0.2, 0.25) is 0 Å². The van der Waals surface area contributed by atoms with E-state index >= 15 is 0 Å². The van der Waals surface area contributed by atoms with Gasteiger partial charge in [0.05, 0.1) is 12.2 Å². The molecule has 0 saturated carbocycles. The first kappa shape index (κ1) is 16.7. The second kappa shape index (κ2) is 7.60. The van der Waals surface area contributed by atoms with E-state index in [0.29, 0.717) is 0 Å². The number of hydrogen-bond acceptors (Lipinski definition) is 3. The predicted octanol–water partition coefficient (Wildman–Crippen LogP) is 3.48. The summed E-state index contributed by atoms with van der Waals surface area (Å²) in [5.41, 5.74) is 1.82. The largest absolute Gasteiger partial charge is 0.373 e. The van der Waals surface area contributed by atoms with E-state index in [2.05, 4.69) is 24.1 Å². The molecule has 1 heterocycles. The number of rotatable bonds is 4. The summed E-state index contributed by atoms with van der Waals surface area (Å²) in [5.74, 6) is -0.00583. The number of benzene rings is 2. The zero-order valence-electron chi connectivity index (χ0n) is 14.2. The summed E-state index contributed by atoms with van der Waals surface area (Å²) in [7, 11) is 0. The molecule has 126 valence electrons. The highest BCUT2D eigenvalue weighted by atomic mass is 16.5. The molecule has 0 radical (unpaired) electrons. The van der Waals surface area contributed by atoms with Gasteiger partial charge in [0.1, 0.15) is 6.04 Å². The van der Waals surface area contributed by atoms with E-state index in [1.54, 1.807) is 0 Å². The van der Waals surface area contributed by atoms with Gasteiger partial charge in [0.25, 0.3) is 0 Å². The van der Waals surface area contributed by atoms with E-state index in [4.69, 9.17) is 4.74 Å². The Bertz CT molecular complexity index is 650. The molecular weight excluding hydrogens is 300 g/mol. The van der Waals surface area contributed by atoms with Crippen molar-refractivity contribution in [3.05, 3.63) is 66.2 Å². The van der Waals surface area contributed by atoms with Crippen LogP contribution in [0.25, 0.3) is 0 Å². The molecule has 3 rings (SSSR count). The Morgan fingerprint density at radius 1 is 1.00 bits per heavy atom. The molecule has 4 heteroatoms. The molecule has 0 aliphatic carbocycles. The van der Waals surface area contributed by atoms with Crippen LogP contribution in [0, 0.1) is 0 Å². The highest BCUT2D eigenvalue weighted by molar-refractivity contribution is 5.95. The molecule has 1 amide bonds. The molecule has 2 aromatic rings. The van der Waals surface area contributed by atoms with E-state index in [-0.39, 0.29) is 24.2 Å². The van der Waals surface area contributed by atoms with Gasteiger partial charge in [-0.3, -0.25) is 9.69 Å². The Labute approximate surface area is 143 Å². The maximum Gasteiger partial charge on any atom is 0.246 e. The molecule has 0 aromatic heterocycles. The highest BCUT2D eigenvalue weighted by Gasteiger charge is 2.33. The fourth-order valence-corrected chi connectivity index (χ4v) is 3.32. The number of anilines is 1. The number of para-hydroxylation sites is 1. The Hall–Kier alpha value is -2.17. The first-order valence-corrected chi connectivity index (χ1v) is 8.44. The molecule has 0 bridgehead atoms. The van der Waals surface area contributed by atoms with Crippen LogP contribution in [-0.2, 0) is 9.53 Å². The van der Waals surface area contributed by atoms with Crippen molar-refractivity contribution in [1.29, 1.82) is 0 Å². The van der Waals surface area contributed by atoms with E-state index < -0.39 is 0 Å². The van der Waals surface area contributed by atoms with Crippen LogP contribution in [0.3, 0.4) is 0 Å². The van der Waals surface area contributed by atoms with Gasteiger partial charge in [0, 0.05) is 18.8 Å². The van der Waals surface area contributed by atoms with Crippen molar-refractivity contribution in [3.63, 3.8) is 0 Å². The van der Waals surface area contributed by atoms with Gasteiger partial charge in [-0.15, -0.1) is 0 Å². The average Bonchev–Trinajstić information content (AvgIpc) is 2.56. The van der Waals surface area contributed by atoms with E-state index in [0.717, 1.165) is 24.3 Å². The van der Waals surface area contributed by atoms with Crippen molar-refractivity contribution in [2.75, 3.05) is 18.4 Å². The molecule has 2 aromatic carbocycles. The van der Waals surface area contributed by atoms with Gasteiger partial charge in [-0.1, -0.05) is 48.5 Å². The van der Waals surface area contributed by atoms with Crippen LogP contribution in [-0.4, -0.2) is 36.1 Å². The third-order valence-corrected chi connectivity index (χ3v) is 4.22. The van der Waals surface area contributed by atoms with Gasteiger partial charge < -0.3 is 10.1 Å². The summed E-state index contributed by atoms with van der Waals surface area (Å²) in [5, 5.41) is 3.05. The Balaban J connectivity index is 1.86. The van der Waals surface area contributed by atoms with Crippen molar-refractivity contribution in [2.45, 2.75) is 32.1 Å². The summed E-state index contributed by atoms with van der Waals surface area (Å²) < 4.78 is 5.83. The molecule has 4 nitrogen and oxygen atoms in total. The maximum absolute atomic E-state index is 13.0. The lowest BCUT2D eigenvalue weighted by atomic mass is 10.0. The molecular formula is C20H24N2O2. The predicted molar refractivity (Wildman–Crippen MR) is 95.8 cm³/mol. The lowest BCUT2D eigenvalue weighted by molar-refractivity contribution is -0.128. The van der Waals surface area contributed by atoms with E-state index in [9.17, 15) is 4.79 Å². The van der Waals surface area contributed by atoms with Crippen molar-refractivity contribution in [3.8, 4) is 0 Å². The number of hydrogen-bond donors (Lipinski definition) is 1. The summed E-state index contributed by atoms with van der Waals surface area (Å²) in [6.45, 7) is 5.60. The zero-order valence-corrected chi connectivity index (χ0v) is 14.2. The maximum atomic E-state index is 13.0. The molecule has 1 N–H and O–H groups in total. The fraction of sp³-hybridized carbons (Fsp3) is 0.350. The quantitative estimate of drug-likeness (QED) is 0.936. The minimum Gasteiger partial charge on any atom is -0.373 e. The second-order valence-corrected chi connectivity index (χ2v) is 6.38. The molecule has 0 spiro atoms. The van der Waals surface area contributed by atoms with Gasteiger partial charge in [-0.2, -0.15) is 0 Å². The van der Waals surface area contributed by atoms with Gasteiger partial charge in [-0.05, 0) is 31.5 Å². The molecule has 1 saturated heterocycles. The van der Waals surface area contributed by atoms with Gasteiger partial charge in [-0.25, -0.2) is 0 Å². The molecule has 1 aliphatic rings. The van der Waals surface area contributed by atoms with Crippen LogP contribution < -0.4 is 5.32 Å². The summed E-state index contributed by atoms with van der Waals surface area (Å²) in [6.07, 6.45) is 0.231. The topological polar surface area (TPSA) is 41.6 Å². The third-order valence-electron chi connectivity index (χ3n) is 4.22. The van der Waals surface area contributed by atoms with Crippen molar-refractivity contribution in [2.24, 2.45) is 0 Å². The molecule has 1 fully saturated rings. The highest BCUT2D eigenvalue weighted by Crippen LogP contribution is 2.26. The van der Waals surface area contributed by atoms with Crippen LogP contribution in [0.4, 0.5) is 5.69 Å². The number of nitrogens with zero attached hydrogens (tertiary/aromatic N) is 1. The lowest BCUT2D eigenvalue weighted by Crippen LogP contribution is -2.49. The smallest absolute Gasteiger partial charge is 0.246 e. The minimum absolute atomic E-state index is 0.00583. The summed E-state index contributed by atoms with van der Waals surface area (Å²) >= 11 is 0. The molecule has 3 atom stereocenters. The standard InChI is InChI=1S/C20H24N2O2/c1-15-13-22(14-16(2)24-15)19(17-9-5-3-6-10-17)20(23)21-18-11-7-4-8-12-18/h3-12,15-16,19H,13-14H2,1-2H3,(H,21,23)/t15-,16-,19-/m1/s1. The van der Waals surface area contributed by atoms with E-state index in [1.165, 1.54) is 0 Å². The lowest BCUT2D eigenvalue weighted by Gasteiger charge is -2.39. The van der Waals surface area contributed by atoms with Crippen LogP contribution in [0.15, 0.2) is 60.7 Å². The van der Waals surface area contributed by atoms with Crippen LogP contribution in [0.1, 0.15) is 25.5 Å². The fourth-order valence-electron chi connectivity index (χ4n) is 3.32. The van der Waals surface area contributed by atoms with Crippen LogP contribution in [0.5, 0.6) is 0 Å². The first-order chi connectivity index (χ1) is 11.6. The number of morpholine rings is 1. The SMILES string of the molecule is C[C@@H]1CN([C@@H](C(=O)Nc2ccccc2)c2ccccc2)C[C@@H](C)O1. The van der Waals surface area contributed by atoms with Gasteiger partial charge in [0.2, 0.25) is 5.91 Å². The number of nitrogens with one attached hydrogen (secondary N) is 1. The number of amides is 1. The molecule has 1 aliphatic heterocycles. The van der Waals surface area contributed by atoms with Crippen molar-refractivity contribution < 1.29 is 9.53 Å². The first-order valence-electron chi connectivity index (χ1n) is 8.44. The number of carbonyl (C=O) groups is 1. The summed E-state index contributed by atoms with van der Waals surface area (Å²) in [4.78, 5) is 15.2. The van der Waals surface area contributed by atoms with Crippen molar-refractivity contribution in [1.82, 2.24) is 4.90 Å². The monoisotopic (exact) mass is 324 g/mol.